The molecule has 0 atom stereocenters. The summed E-state index contributed by atoms with van der Waals surface area (Å²) in [6.45, 7) is 7.00. The van der Waals surface area contributed by atoms with Crippen LogP contribution in [0.25, 0.3) is 0 Å². The van der Waals surface area contributed by atoms with Gasteiger partial charge in [0.15, 0.2) is 0 Å². The number of quaternary nitrogens is 1. The first-order chi connectivity index (χ1) is 8.04. The molecule has 100 valence electrons. The Morgan fingerprint density at radius 2 is 1.89 bits per heavy atom. The van der Waals surface area contributed by atoms with Crippen LogP contribution < -0.4 is 0 Å². The molecule has 1 N–H and O–H groups in total. The van der Waals surface area contributed by atoms with Gasteiger partial charge in [-0.1, -0.05) is 20.8 Å². The maximum atomic E-state index is 9.93. The zero-order chi connectivity index (χ0) is 14.1. The molecule has 0 fully saturated rings. The van der Waals surface area contributed by atoms with E-state index in [1.54, 1.807) is 6.07 Å². The summed E-state index contributed by atoms with van der Waals surface area (Å²) in [4.78, 5) is 0. The first kappa shape index (κ1) is 15.3. The Kier molecular flexibility index (Phi) is 4.36. The Balaban J connectivity index is 3.11. The number of nitrogens with zero attached hydrogens (tertiary/aromatic N) is 1. The van der Waals surface area contributed by atoms with Crippen LogP contribution in [0, 0.1) is 0 Å². The maximum absolute atomic E-state index is 9.93. The summed E-state index contributed by atoms with van der Waals surface area (Å²) in [5.74, 6) is 0.345. The summed E-state index contributed by atoms with van der Waals surface area (Å²) in [5.41, 5.74) is 2.01. The molecule has 0 radical (unpaired) electrons. The van der Waals surface area contributed by atoms with Gasteiger partial charge in [0, 0.05) is 9.88 Å². The molecule has 0 aliphatic heterocycles. The van der Waals surface area contributed by atoms with Gasteiger partial charge in [0.2, 0.25) is 0 Å². The van der Waals surface area contributed by atoms with Crippen molar-refractivity contribution in [1.29, 1.82) is 0 Å². The van der Waals surface area contributed by atoms with Crippen LogP contribution in [0.2, 0.25) is 0 Å². The highest BCUT2D eigenvalue weighted by molar-refractivity contribution is 7.99. The Labute approximate surface area is 121 Å². The molecule has 0 bridgehead atoms. The zero-order valence-electron chi connectivity index (χ0n) is 11.7. The number of hydrogen-bond acceptors (Lipinski definition) is 3. The van der Waals surface area contributed by atoms with E-state index in [9.17, 15) is 5.11 Å². The van der Waals surface area contributed by atoms with Gasteiger partial charge in [-0.3, -0.25) is 0 Å². The normalized spacial score (nSPS) is 12.5. The van der Waals surface area contributed by atoms with Gasteiger partial charge in [0.1, 0.15) is 12.3 Å². The lowest BCUT2D eigenvalue weighted by molar-refractivity contribution is -0.807. The van der Waals surface area contributed by atoms with Crippen molar-refractivity contribution < 1.29 is 9.59 Å². The second-order valence-electron chi connectivity index (χ2n) is 6.21. The molecule has 0 aromatic heterocycles. The van der Waals surface area contributed by atoms with E-state index in [1.807, 2.05) is 26.2 Å². The van der Waals surface area contributed by atoms with E-state index in [0.29, 0.717) is 14.6 Å². The van der Waals surface area contributed by atoms with Crippen LogP contribution in [0.4, 0.5) is 0 Å². The zero-order valence-corrected chi connectivity index (χ0v) is 13.3. The van der Waals surface area contributed by atoms with Gasteiger partial charge < -0.3 is 34.4 Å². The number of thiocarbonyl (C=S) groups is 1. The third-order valence-corrected chi connectivity index (χ3v) is 3.93. The van der Waals surface area contributed by atoms with Gasteiger partial charge in [-0.25, -0.2) is 0 Å². The van der Waals surface area contributed by atoms with E-state index < -0.39 is 0 Å². The molecular weight excluding hydrogens is 262 g/mol. The van der Waals surface area contributed by atoms with E-state index >= 15 is 0 Å². The van der Waals surface area contributed by atoms with Crippen LogP contribution in [0.1, 0.15) is 31.9 Å². The van der Waals surface area contributed by atoms with E-state index in [4.69, 9.17) is 24.8 Å². The smallest absolute Gasteiger partial charge is 0.119 e. The predicted octanol–water partition coefficient (Wildman–Crippen LogP) is 3.10. The lowest BCUT2D eigenvalue weighted by atomic mass is 9.85. The fraction of sp³-hybridized carbons (Fsp3) is 0.500. The molecule has 0 heterocycles. The molecule has 0 saturated heterocycles. The minimum atomic E-state index is -0.0777. The lowest BCUT2D eigenvalue weighted by Gasteiger charge is -2.33. The van der Waals surface area contributed by atoms with Gasteiger partial charge in [-0.15, -0.1) is 0 Å². The van der Waals surface area contributed by atoms with E-state index in [2.05, 4.69) is 20.8 Å². The van der Waals surface area contributed by atoms with Crippen molar-refractivity contribution in [2.75, 3.05) is 14.1 Å². The molecule has 1 aromatic rings. The highest BCUT2D eigenvalue weighted by atomic mass is 32.1. The summed E-state index contributed by atoms with van der Waals surface area (Å²) in [5, 5.41) is 9.93. The standard InChI is InChI=1S/C14H21NOS2/c1-14(2,3)11-8-10(6-7-12(11)16)9-15(4,5)13(17)18/h6-8H,9H2,1-5H3,(H-,16,17,18). The summed E-state index contributed by atoms with van der Waals surface area (Å²) in [6.07, 6.45) is 0. The largest absolute Gasteiger partial charge is 0.508 e. The quantitative estimate of drug-likeness (QED) is 0.512. The van der Waals surface area contributed by atoms with Crippen molar-refractivity contribution in [3.63, 3.8) is 0 Å². The molecule has 1 aromatic carbocycles. The highest BCUT2D eigenvalue weighted by Gasteiger charge is 2.21. The first-order valence-corrected chi connectivity index (χ1v) is 6.72. The van der Waals surface area contributed by atoms with Gasteiger partial charge in [-0.05, 0) is 29.2 Å². The molecule has 0 saturated carbocycles. The summed E-state index contributed by atoms with van der Waals surface area (Å²) in [6, 6.07) is 5.73. The van der Waals surface area contributed by atoms with Gasteiger partial charge in [0.05, 0.1) is 14.1 Å². The molecule has 0 unspecified atom stereocenters. The van der Waals surface area contributed by atoms with E-state index in [1.165, 1.54) is 0 Å². The Bertz CT molecular complexity index is 461. The van der Waals surface area contributed by atoms with Crippen LogP contribution in [-0.4, -0.2) is 28.0 Å². The minimum Gasteiger partial charge on any atom is -0.508 e. The second-order valence-corrected chi connectivity index (χ2v) is 7.24. The summed E-state index contributed by atoms with van der Waals surface area (Å²) < 4.78 is 1.04. The van der Waals surface area contributed by atoms with Crippen molar-refractivity contribution in [3.05, 3.63) is 29.3 Å². The van der Waals surface area contributed by atoms with E-state index in [-0.39, 0.29) is 5.41 Å². The van der Waals surface area contributed by atoms with Gasteiger partial charge in [0.25, 0.3) is 0 Å². The first-order valence-electron chi connectivity index (χ1n) is 5.91. The van der Waals surface area contributed by atoms with Crippen molar-refractivity contribution in [1.82, 2.24) is 0 Å². The molecule has 0 aliphatic carbocycles. The monoisotopic (exact) mass is 283 g/mol. The summed E-state index contributed by atoms with van der Waals surface area (Å²) in [7, 11) is 4.00. The third kappa shape index (κ3) is 3.64. The van der Waals surface area contributed by atoms with Gasteiger partial charge in [-0.2, -0.15) is 0 Å². The van der Waals surface area contributed by atoms with Crippen LogP contribution in [0.5, 0.6) is 5.75 Å². The molecule has 0 aliphatic rings. The van der Waals surface area contributed by atoms with E-state index in [0.717, 1.165) is 17.7 Å². The Morgan fingerprint density at radius 1 is 1.33 bits per heavy atom. The Morgan fingerprint density at radius 3 is 2.33 bits per heavy atom. The summed E-state index contributed by atoms with van der Waals surface area (Å²) >= 11 is 10.2. The molecule has 18 heavy (non-hydrogen) atoms. The van der Waals surface area contributed by atoms with Crippen LogP contribution in [0.15, 0.2) is 18.2 Å². The second kappa shape index (κ2) is 5.11. The SMILES string of the molecule is CC(C)(C)c1cc(C[N+](C)(C)C(=S)[S-])ccc1O. The molecule has 1 rings (SSSR count). The van der Waals surface area contributed by atoms with Crippen LogP contribution >= 0.6 is 12.2 Å². The average Bonchev–Trinajstić information content (AvgIpc) is 2.18. The fourth-order valence-corrected chi connectivity index (χ4v) is 1.93. The van der Waals surface area contributed by atoms with Crippen LogP contribution in [0.3, 0.4) is 0 Å². The van der Waals surface area contributed by atoms with Crippen molar-refractivity contribution in [3.8, 4) is 5.75 Å². The number of hydrogen-bond donors (Lipinski definition) is 1. The number of benzene rings is 1. The molecule has 2 nitrogen and oxygen atoms in total. The fourth-order valence-electron chi connectivity index (χ4n) is 1.80. The maximum Gasteiger partial charge on any atom is 0.119 e. The third-order valence-electron chi connectivity index (χ3n) is 2.94. The molecule has 0 spiro atoms. The number of phenolic OH excluding ortho intramolecular Hbond substituents is 1. The minimum absolute atomic E-state index is 0.0777. The van der Waals surface area contributed by atoms with Crippen LogP contribution in [-0.2, 0) is 24.6 Å². The average molecular weight is 283 g/mol. The number of aromatic hydroxyl groups is 1. The molecule has 0 amide bonds. The van der Waals surface area contributed by atoms with Crippen molar-refractivity contribution in [2.45, 2.75) is 32.7 Å². The molecular formula is C14H21NOS2. The predicted molar refractivity (Wildman–Crippen MR) is 82.6 cm³/mol. The van der Waals surface area contributed by atoms with Crippen molar-refractivity contribution >= 4 is 29.2 Å². The topological polar surface area (TPSA) is 20.2 Å². The molecule has 4 heteroatoms. The van der Waals surface area contributed by atoms with Gasteiger partial charge >= 0.3 is 0 Å². The highest BCUT2D eigenvalue weighted by Crippen LogP contribution is 2.31. The Hall–Kier alpha value is -0.710. The number of rotatable bonds is 2. The van der Waals surface area contributed by atoms with Crippen molar-refractivity contribution in [2.24, 2.45) is 0 Å². The lowest BCUT2D eigenvalue weighted by Crippen LogP contribution is -2.42. The number of phenols is 1.